The summed E-state index contributed by atoms with van der Waals surface area (Å²) in [4.78, 5) is 46.1. The van der Waals surface area contributed by atoms with Crippen LogP contribution in [0.25, 0.3) is 15.9 Å². The van der Waals surface area contributed by atoms with E-state index in [1.807, 2.05) is 30.3 Å². The number of pyridine rings is 1. The first-order chi connectivity index (χ1) is 20.2. The van der Waals surface area contributed by atoms with Crippen LogP contribution in [0.15, 0.2) is 80.2 Å². The summed E-state index contributed by atoms with van der Waals surface area (Å²) < 4.78 is 42.3. The Hall–Kier alpha value is -4.36. The van der Waals surface area contributed by atoms with Gasteiger partial charge >= 0.3 is 11.8 Å². The van der Waals surface area contributed by atoms with Crippen molar-refractivity contribution in [1.29, 1.82) is 0 Å². The summed E-state index contributed by atoms with van der Waals surface area (Å²) in [6.45, 7) is -0.490. The number of halogens is 3. The van der Waals surface area contributed by atoms with Crippen LogP contribution < -0.4 is 16.0 Å². The lowest BCUT2D eigenvalue weighted by Gasteiger charge is -2.18. The molecule has 0 bridgehead atoms. The Morgan fingerprint density at radius 2 is 1.74 bits per heavy atom. The number of hydrogen-bond acceptors (Lipinski definition) is 7. The number of rotatable bonds is 8. The number of amides is 1. The Morgan fingerprint density at radius 3 is 2.38 bits per heavy atom. The molecule has 0 aliphatic heterocycles. The third-order valence-corrected chi connectivity index (χ3v) is 8.51. The van der Waals surface area contributed by atoms with Gasteiger partial charge in [-0.2, -0.15) is 0 Å². The Labute approximate surface area is 250 Å². The van der Waals surface area contributed by atoms with Crippen molar-refractivity contribution >= 4 is 43.6 Å². The first kappa shape index (κ1) is 29.1. The zero-order valence-electron chi connectivity index (χ0n) is 22.3. The van der Waals surface area contributed by atoms with Crippen LogP contribution in [0.1, 0.15) is 16.7 Å². The summed E-state index contributed by atoms with van der Waals surface area (Å²) >= 11 is 4.51. The maximum Gasteiger partial charge on any atom is 0.410 e. The van der Waals surface area contributed by atoms with Gasteiger partial charge in [0.25, 0.3) is 5.56 Å². The molecule has 0 radical (unpaired) electrons. The van der Waals surface area contributed by atoms with Crippen molar-refractivity contribution < 1.29 is 23.0 Å². The molecule has 0 unspecified atom stereocenters. The van der Waals surface area contributed by atoms with Crippen LogP contribution in [-0.4, -0.2) is 39.3 Å². The van der Waals surface area contributed by atoms with E-state index in [9.17, 15) is 23.2 Å². The van der Waals surface area contributed by atoms with E-state index in [1.165, 1.54) is 43.5 Å². The van der Waals surface area contributed by atoms with Gasteiger partial charge in [-0.15, -0.1) is 11.3 Å². The number of carbonyl (C=O) groups is 1. The molecule has 0 saturated heterocycles. The lowest BCUT2D eigenvalue weighted by molar-refractivity contribution is 0.103. The van der Waals surface area contributed by atoms with Gasteiger partial charge < -0.3 is 14.4 Å². The maximum absolute atomic E-state index is 14.7. The lowest BCUT2D eigenvalue weighted by Crippen LogP contribution is -2.39. The van der Waals surface area contributed by atoms with Gasteiger partial charge in [0.15, 0.2) is 0 Å². The number of thiophene rings is 1. The Morgan fingerprint density at radius 1 is 1.02 bits per heavy atom. The topological polar surface area (TPSA) is 95.7 Å². The Bertz CT molecular complexity index is 1870. The fourth-order valence-electron chi connectivity index (χ4n) is 4.35. The van der Waals surface area contributed by atoms with Crippen LogP contribution in [0, 0.1) is 11.6 Å². The number of ether oxygens (including phenoxy) is 2. The third kappa shape index (κ3) is 5.70. The van der Waals surface area contributed by atoms with Crippen molar-refractivity contribution in [3.05, 3.63) is 120 Å². The van der Waals surface area contributed by atoms with Crippen molar-refractivity contribution in [2.24, 2.45) is 0 Å². The highest BCUT2D eigenvalue weighted by Crippen LogP contribution is 2.35. The van der Waals surface area contributed by atoms with E-state index in [1.54, 1.807) is 0 Å². The SMILES string of the molecule is COc1ccc(-n2c(=O)c3c(CN(C)C(=O)OCc4ccccc4)c(Br)sc3n(Cc3c(F)cccc3F)c2=O)cn1. The lowest BCUT2D eigenvalue weighted by atomic mass is 10.2. The summed E-state index contributed by atoms with van der Waals surface area (Å²) in [5, 5.41) is 0.0988. The normalized spacial score (nSPS) is 11.1. The standard InChI is InChI=1S/C29H23BrF2N4O5S/c1-34(29(39)41-16-17-7-4-3-5-8-17)14-20-24-26(37)36(18-11-12-23(40-2)33-13-18)28(38)35(27(24)42-25(20)30)15-19-21(31)9-6-10-22(19)32/h3-13H,14-16H2,1-2H3. The molecule has 0 atom stereocenters. The number of nitrogens with zero attached hydrogens (tertiary/aromatic N) is 4. The number of carbonyl (C=O) groups excluding carboxylic acids is 1. The number of benzene rings is 2. The Balaban J connectivity index is 1.62. The smallest absolute Gasteiger partial charge is 0.410 e. The summed E-state index contributed by atoms with van der Waals surface area (Å²) in [5.74, 6) is -1.41. The van der Waals surface area contributed by atoms with Gasteiger partial charge in [-0.1, -0.05) is 36.4 Å². The van der Waals surface area contributed by atoms with Crippen LogP contribution in [-0.2, 0) is 24.4 Å². The monoisotopic (exact) mass is 656 g/mol. The Kier molecular flexibility index (Phi) is 8.50. The minimum absolute atomic E-state index is 0.0561. The van der Waals surface area contributed by atoms with Crippen LogP contribution >= 0.6 is 27.3 Å². The van der Waals surface area contributed by atoms with Gasteiger partial charge in [0, 0.05) is 24.2 Å². The molecule has 9 nitrogen and oxygen atoms in total. The molecule has 0 aliphatic rings. The predicted molar refractivity (Wildman–Crippen MR) is 157 cm³/mol. The van der Waals surface area contributed by atoms with Gasteiger partial charge in [-0.3, -0.25) is 9.36 Å². The van der Waals surface area contributed by atoms with Gasteiger partial charge in [0.1, 0.15) is 23.1 Å². The van der Waals surface area contributed by atoms with Gasteiger partial charge in [-0.05, 0) is 39.7 Å². The molecule has 5 aromatic rings. The second-order valence-corrected chi connectivity index (χ2v) is 11.5. The average molecular weight is 657 g/mol. The van der Waals surface area contributed by atoms with Crippen molar-refractivity contribution in [1.82, 2.24) is 19.0 Å². The van der Waals surface area contributed by atoms with E-state index >= 15 is 0 Å². The van der Waals surface area contributed by atoms with Crippen molar-refractivity contribution in [2.75, 3.05) is 14.2 Å². The molecule has 1 amide bonds. The molecule has 42 heavy (non-hydrogen) atoms. The van der Waals surface area contributed by atoms with Gasteiger partial charge in [-0.25, -0.2) is 27.9 Å². The number of hydrogen-bond donors (Lipinski definition) is 0. The van der Waals surface area contributed by atoms with Crippen molar-refractivity contribution in [2.45, 2.75) is 19.7 Å². The fraction of sp³-hybridized carbons (Fsp3) is 0.172. The van der Waals surface area contributed by atoms with E-state index < -0.39 is 35.5 Å². The summed E-state index contributed by atoms with van der Waals surface area (Å²) in [6, 6.07) is 15.5. The first-order valence-corrected chi connectivity index (χ1v) is 14.1. The molecular formula is C29H23BrF2N4O5S. The minimum atomic E-state index is -0.837. The summed E-state index contributed by atoms with van der Waals surface area (Å²) in [5.41, 5.74) is -0.516. The molecular weight excluding hydrogens is 634 g/mol. The highest BCUT2D eigenvalue weighted by atomic mass is 79.9. The average Bonchev–Trinajstić information content (AvgIpc) is 3.31. The van der Waals surface area contributed by atoms with Crippen LogP contribution in [0.3, 0.4) is 0 Å². The predicted octanol–water partition coefficient (Wildman–Crippen LogP) is 5.48. The van der Waals surface area contributed by atoms with Crippen LogP contribution in [0.5, 0.6) is 5.88 Å². The molecule has 5 rings (SSSR count). The first-order valence-electron chi connectivity index (χ1n) is 12.5. The van der Waals surface area contributed by atoms with Gasteiger partial charge in [0.05, 0.1) is 41.3 Å². The highest BCUT2D eigenvalue weighted by Gasteiger charge is 2.25. The summed E-state index contributed by atoms with van der Waals surface area (Å²) in [6.07, 6.45) is 0.655. The van der Waals surface area contributed by atoms with Gasteiger partial charge in [0.2, 0.25) is 5.88 Å². The van der Waals surface area contributed by atoms with E-state index in [-0.39, 0.29) is 40.5 Å². The molecule has 3 heterocycles. The van der Waals surface area contributed by atoms with Crippen molar-refractivity contribution in [3.63, 3.8) is 0 Å². The highest BCUT2D eigenvalue weighted by molar-refractivity contribution is 9.11. The van der Waals surface area contributed by atoms with E-state index in [2.05, 4.69) is 20.9 Å². The summed E-state index contributed by atoms with van der Waals surface area (Å²) in [7, 11) is 2.94. The maximum atomic E-state index is 14.7. The van der Waals surface area contributed by atoms with Crippen LogP contribution in [0.4, 0.5) is 13.6 Å². The number of aromatic nitrogens is 3. The molecule has 0 fully saturated rings. The second-order valence-electron chi connectivity index (χ2n) is 9.20. The zero-order chi connectivity index (χ0) is 30.0. The van der Waals surface area contributed by atoms with E-state index in [4.69, 9.17) is 9.47 Å². The molecule has 3 aromatic heterocycles. The zero-order valence-corrected chi connectivity index (χ0v) is 24.7. The number of fused-ring (bicyclic) bond motifs is 1. The minimum Gasteiger partial charge on any atom is -0.481 e. The van der Waals surface area contributed by atoms with Crippen molar-refractivity contribution in [3.8, 4) is 11.6 Å². The largest absolute Gasteiger partial charge is 0.481 e. The molecule has 0 N–H and O–H groups in total. The fourth-order valence-corrected chi connectivity index (χ4v) is 6.16. The number of methoxy groups -OCH3 is 1. The molecule has 0 spiro atoms. The van der Waals surface area contributed by atoms with E-state index in [0.717, 1.165) is 38.2 Å². The third-order valence-electron chi connectivity index (χ3n) is 6.50. The quantitative estimate of drug-likeness (QED) is 0.220. The molecule has 13 heteroatoms. The van der Waals surface area contributed by atoms with Crippen LogP contribution in [0.2, 0.25) is 0 Å². The molecule has 216 valence electrons. The van der Waals surface area contributed by atoms with E-state index in [0.29, 0.717) is 9.35 Å². The second kappa shape index (κ2) is 12.2. The molecule has 0 saturated carbocycles. The molecule has 0 aliphatic carbocycles. The molecule has 2 aromatic carbocycles.